The van der Waals surface area contributed by atoms with Crippen molar-refractivity contribution in [1.29, 1.82) is 0 Å². The van der Waals surface area contributed by atoms with Gasteiger partial charge < -0.3 is 4.74 Å². The van der Waals surface area contributed by atoms with Crippen molar-refractivity contribution in [3.8, 4) is 5.88 Å². The van der Waals surface area contributed by atoms with Crippen molar-refractivity contribution in [2.24, 2.45) is 0 Å². The standard InChI is InChI=1S/C9H12FNO/c1-3-8-4-5-9(11-6-8)12-7(2)10/h4-7H,3H2,1-2H3. The fourth-order valence-electron chi connectivity index (χ4n) is 0.856. The highest BCUT2D eigenvalue weighted by molar-refractivity contribution is 5.17. The van der Waals surface area contributed by atoms with Gasteiger partial charge in [-0.3, -0.25) is 0 Å². The number of hydrogen-bond acceptors (Lipinski definition) is 2. The molecule has 0 amide bonds. The number of nitrogens with zero attached hydrogens (tertiary/aromatic N) is 1. The molecule has 66 valence electrons. The van der Waals surface area contributed by atoms with Gasteiger partial charge in [0.25, 0.3) is 0 Å². The second kappa shape index (κ2) is 4.04. The smallest absolute Gasteiger partial charge is 0.237 e. The van der Waals surface area contributed by atoms with E-state index in [4.69, 9.17) is 4.74 Å². The van der Waals surface area contributed by atoms with Gasteiger partial charge in [-0.25, -0.2) is 9.37 Å². The molecule has 0 saturated heterocycles. The molecule has 0 spiro atoms. The molecule has 0 fully saturated rings. The number of alkyl halides is 1. The second-order valence-electron chi connectivity index (χ2n) is 2.52. The first kappa shape index (κ1) is 8.97. The van der Waals surface area contributed by atoms with E-state index in [1.807, 2.05) is 13.0 Å². The van der Waals surface area contributed by atoms with Crippen LogP contribution >= 0.6 is 0 Å². The Morgan fingerprint density at radius 2 is 2.33 bits per heavy atom. The minimum Gasteiger partial charge on any atom is -0.444 e. The van der Waals surface area contributed by atoms with Gasteiger partial charge in [-0.1, -0.05) is 13.0 Å². The summed E-state index contributed by atoms with van der Waals surface area (Å²) in [7, 11) is 0. The molecule has 1 aromatic heterocycles. The summed E-state index contributed by atoms with van der Waals surface area (Å²) in [5, 5.41) is 0. The monoisotopic (exact) mass is 169 g/mol. The van der Waals surface area contributed by atoms with Crippen LogP contribution < -0.4 is 4.74 Å². The van der Waals surface area contributed by atoms with Crippen LogP contribution in [0.25, 0.3) is 0 Å². The molecule has 12 heavy (non-hydrogen) atoms. The number of aromatic nitrogens is 1. The van der Waals surface area contributed by atoms with Gasteiger partial charge in [0, 0.05) is 19.2 Å². The minimum absolute atomic E-state index is 0.335. The van der Waals surface area contributed by atoms with E-state index in [0.29, 0.717) is 5.88 Å². The van der Waals surface area contributed by atoms with Crippen molar-refractivity contribution >= 4 is 0 Å². The normalized spacial score (nSPS) is 12.6. The Kier molecular flexibility index (Phi) is 3.02. The molecule has 1 atom stereocenters. The van der Waals surface area contributed by atoms with Crippen molar-refractivity contribution in [2.45, 2.75) is 26.6 Å². The zero-order chi connectivity index (χ0) is 8.97. The molecule has 0 aliphatic rings. The summed E-state index contributed by atoms with van der Waals surface area (Å²) in [4.78, 5) is 3.93. The van der Waals surface area contributed by atoms with Gasteiger partial charge in [-0.15, -0.1) is 0 Å². The van der Waals surface area contributed by atoms with Crippen LogP contribution in [0.2, 0.25) is 0 Å². The number of halogens is 1. The van der Waals surface area contributed by atoms with Gasteiger partial charge in [0.2, 0.25) is 12.2 Å². The lowest BCUT2D eigenvalue weighted by Gasteiger charge is -2.05. The first-order valence-electron chi connectivity index (χ1n) is 3.98. The summed E-state index contributed by atoms with van der Waals surface area (Å²) in [5.41, 5.74) is 1.12. The maximum atomic E-state index is 12.3. The zero-order valence-corrected chi connectivity index (χ0v) is 7.25. The molecule has 0 aliphatic carbocycles. The number of aryl methyl sites for hydroxylation is 1. The fourth-order valence-corrected chi connectivity index (χ4v) is 0.856. The highest BCUT2D eigenvalue weighted by Crippen LogP contribution is 2.09. The molecule has 0 radical (unpaired) electrons. The first-order valence-corrected chi connectivity index (χ1v) is 3.98. The maximum absolute atomic E-state index is 12.3. The van der Waals surface area contributed by atoms with E-state index >= 15 is 0 Å². The van der Waals surface area contributed by atoms with Crippen LogP contribution in [0.15, 0.2) is 18.3 Å². The van der Waals surface area contributed by atoms with Crippen molar-refractivity contribution in [2.75, 3.05) is 0 Å². The average molecular weight is 169 g/mol. The largest absolute Gasteiger partial charge is 0.444 e. The summed E-state index contributed by atoms with van der Waals surface area (Å²) in [6, 6.07) is 3.56. The lowest BCUT2D eigenvalue weighted by atomic mass is 10.2. The Morgan fingerprint density at radius 3 is 2.75 bits per heavy atom. The molecular weight excluding hydrogens is 157 g/mol. The van der Waals surface area contributed by atoms with Gasteiger partial charge in [0.05, 0.1) is 0 Å². The van der Waals surface area contributed by atoms with E-state index in [1.165, 1.54) is 6.92 Å². The van der Waals surface area contributed by atoms with Gasteiger partial charge in [-0.05, 0) is 12.0 Å². The topological polar surface area (TPSA) is 22.1 Å². The van der Waals surface area contributed by atoms with Crippen molar-refractivity contribution < 1.29 is 9.13 Å². The Bertz CT molecular complexity index is 233. The molecule has 1 heterocycles. The van der Waals surface area contributed by atoms with Crippen LogP contribution in [0, 0.1) is 0 Å². The Balaban J connectivity index is 2.65. The zero-order valence-electron chi connectivity index (χ0n) is 7.25. The molecule has 1 rings (SSSR count). The van der Waals surface area contributed by atoms with Crippen LogP contribution in [-0.4, -0.2) is 11.3 Å². The van der Waals surface area contributed by atoms with Crippen molar-refractivity contribution in [3.05, 3.63) is 23.9 Å². The molecule has 0 aliphatic heterocycles. The Labute approximate surface area is 71.4 Å². The predicted molar refractivity (Wildman–Crippen MR) is 44.8 cm³/mol. The van der Waals surface area contributed by atoms with Crippen LogP contribution in [0.1, 0.15) is 19.4 Å². The summed E-state index contributed by atoms with van der Waals surface area (Å²) in [6.07, 6.45) is 1.32. The highest BCUT2D eigenvalue weighted by atomic mass is 19.1. The van der Waals surface area contributed by atoms with E-state index in [1.54, 1.807) is 12.3 Å². The third-order valence-electron chi connectivity index (χ3n) is 1.49. The molecule has 1 aromatic rings. The molecule has 0 bridgehead atoms. The van der Waals surface area contributed by atoms with Gasteiger partial charge in [0.1, 0.15) is 0 Å². The molecule has 0 N–H and O–H groups in total. The van der Waals surface area contributed by atoms with Gasteiger partial charge in [0.15, 0.2) is 0 Å². The van der Waals surface area contributed by atoms with E-state index in [-0.39, 0.29) is 0 Å². The first-order chi connectivity index (χ1) is 5.72. The minimum atomic E-state index is -1.30. The van der Waals surface area contributed by atoms with Crippen LogP contribution in [0.4, 0.5) is 4.39 Å². The summed E-state index contributed by atoms with van der Waals surface area (Å²) >= 11 is 0. The Morgan fingerprint density at radius 1 is 1.58 bits per heavy atom. The second-order valence-corrected chi connectivity index (χ2v) is 2.52. The van der Waals surface area contributed by atoms with Gasteiger partial charge in [-0.2, -0.15) is 0 Å². The fraction of sp³-hybridized carbons (Fsp3) is 0.444. The number of rotatable bonds is 3. The molecular formula is C9H12FNO. The predicted octanol–water partition coefficient (Wildman–Crippen LogP) is 2.34. The summed E-state index contributed by atoms with van der Waals surface area (Å²) in [6.45, 7) is 3.37. The van der Waals surface area contributed by atoms with Crippen molar-refractivity contribution in [3.63, 3.8) is 0 Å². The van der Waals surface area contributed by atoms with Crippen LogP contribution in [-0.2, 0) is 6.42 Å². The number of pyridine rings is 1. The Hall–Kier alpha value is -1.12. The van der Waals surface area contributed by atoms with Crippen LogP contribution in [0.3, 0.4) is 0 Å². The summed E-state index contributed by atoms with van der Waals surface area (Å²) in [5.74, 6) is 0.335. The molecule has 2 nitrogen and oxygen atoms in total. The van der Waals surface area contributed by atoms with E-state index in [0.717, 1.165) is 12.0 Å². The van der Waals surface area contributed by atoms with E-state index < -0.39 is 6.36 Å². The van der Waals surface area contributed by atoms with E-state index in [9.17, 15) is 4.39 Å². The number of ether oxygens (including phenoxy) is 1. The van der Waals surface area contributed by atoms with E-state index in [2.05, 4.69) is 4.98 Å². The van der Waals surface area contributed by atoms with Crippen molar-refractivity contribution in [1.82, 2.24) is 4.98 Å². The number of hydrogen-bond donors (Lipinski definition) is 0. The molecule has 1 unspecified atom stereocenters. The highest BCUT2D eigenvalue weighted by Gasteiger charge is 2.00. The maximum Gasteiger partial charge on any atom is 0.237 e. The quantitative estimate of drug-likeness (QED) is 0.692. The molecule has 0 saturated carbocycles. The third kappa shape index (κ3) is 2.49. The van der Waals surface area contributed by atoms with Gasteiger partial charge >= 0.3 is 0 Å². The summed E-state index contributed by atoms with van der Waals surface area (Å²) < 4.78 is 17.0. The SMILES string of the molecule is CCc1ccc(OC(C)F)nc1. The van der Waals surface area contributed by atoms with Crippen LogP contribution in [0.5, 0.6) is 5.88 Å². The average Bonchev–Trinajstić information content (AvgIpc) is 2.05. The lowest BCUT2D eigenvalue weighted by Crippen LogP contribution is -2.04. The third-order valence-corrected chi connectivity index (χ3v) is 1.49. The lowest BCUT2D eigenvalue weighted by molar-refractivity contribution is 0.0809. The molecule has 0 aromatic carbocycles. The molecule has 3 heteroatoms.